The van der Waals surface area contributed by atoms with Crippen molar-refractivity contribution in [3.8, 4) is 0 Å². The standard InChI is InChI=1S/C11H16N2O3/c1-7(16-2)6-13-10-4-3-8(11(14)15)5-9(10)12/h3-5,7,13H,6,12H2,1-2H3,(H,14,15). The predicted octanol–water partition coefficient (Wildman–Crippen LogP) is 1.41. The summed E-state index contributed by atoms with van der Waals surface area (Å²) in [6.07, 6.45) is 0.0681. The largest absolute Gasteiger partial charge is 0.478 e. The molecule has 4 N–H and O–H groups in total. The molecule has 0 amide bonds. The van der Waals surface area contributed by atoms with Gasteiger partial charge in [0.05, 0.1) is 23.0 Å². The number of aromatic carboxylic acids is 1. The molecule has 1 unspecified atom stereocenters. The van der Waals surface area contributed by atoms with Crippen LogP contribution in [0.4, 0.5) is 11.4 Å². The molecule has 5 heteroatoms. The zero-order valence-electron chi connectivity index (χ0n) is 9.36. The van der Waals surface area contributed by atoms with Crippen LogP contribution in [-0.4, -0.2) is 30.8 Å². The number of nitrogens with two attached hydrogens (primary N) is 1. The van der Waals surface area contributed by atoms with E-state index in [0.717, 1.165) is 0 Å². The van der Waals surface area contributed by atoms with Crippen LogP contribution < -0.4 is 11.1 Å². The quantitative estimate of drug-likeness (QED) is 0.658. The maximum absolute atomic E-state index is 10.7. The van der Waals surface area contributed by atoms with Gasteiger partial charge in [-0.25, -0.2) is 4.79 Å². The molecule has 0 fully saturated rings. The maximum atomic E-state index is 10.7. The van der Waals surface area contributed by atoms with Gasteiger partial charge in [0.25, 0.3) is 0 Å². The van der Waals surface area contributed by atoms with E-state index < -0.39 is 5.97 Å². The predicted molar refractivity (Wildman–Crippen MR) is 62.8 cm³/mol. The fraction of sp³-hybridized carbons (Fsp3) is 0.364. The Morgan fingerprint density at radius 1 is 1.62 bits per heavy atom. The number of benzene rings is 1. The lowest BCUT2D eigenvalue weighted by molar-refractivity contribution is 0.0697. The third-order valence-corrected chi connectivity index (χ3v) is 2.28. The van der Waals surface area contributed by atoms with Crippen molar-refractivity contribution >= 4 is 17.3 Å². The molecule has 0 aromatic heterocycles. The number of carboxylic acid groups (broad SMARTS) is 1. The zero-order chi connectivity index (χ0) is 12.1. The van der Waals surface area contributed by atoms with Gasteiger partial charge in [-0.1, -0.05) is 0 Å². The highest BCUT2D eigenvalue weighted by molar-refractivity contribution is 5.90. The molecular formula is C11H16N2O3. The Bertz CT molecular complexity index is 379. The van der Waals surface area contributed by atoms with Gasteiger partial charge in [-0.2, -0.15) is 0 Å². The number of carboxylic acids is 1. The molecule has 1 atom stereocenters. The van der Waals surface area contributed by atoms with Gasteiger partial charge in [-0.05, 0) is 25.1 Å². The summed E-state index contributed by atoms with van der Waals surface area (Å²) in [4.78, 5) is 10.7. The van der Waals surface area contributed by atoms with E-state index in [-0.39, 0.29) is 11.7 Å². The summed E-state index contributed by atoms with van der Waals surface area (Å²) in [6.45, 7) is 2.54. The normalized spacial score (nSPS) is 12.1. The highest BCUT2D eigenvalue weighted by atomic mass is 16.5. The van der Waals surface area contributed by atoms with Gasteiger partial charge in [0, 0.05) is 13.7 Å². The van der Waals surface area contributed by atoms with E-state index in [4.69, 9.17) is 15.6 Å². The van der Waals surface area contributed by atoms with E-state index in [2.05, 4.69) is 5.32 Å². The van der Waals surface area contributed by atoms with Crippen molar-refractivity contribution in [1.82, 2.24) is 0 Å². The maximum Gasteiger partial charge on any atom is 0.335 e. The molecule has 1 rings (SSSR count). The highest BCUT2D eigenvalue weighted by Crippen LogP contribution is 2.19. The Hall–Kier alpha value is -1.75. The van der Waals surface area contributed by atoms with Crippen LogP contribution in [0.2, 0.25) is 0 Å². The van der Waals surface area contributed by atoms with Gasteiger partial charge in [-0.3, -0.25) is 0 Å². The molecule has 0 spiro atoms. The lowest BCUT2D eigenvalue weighted by Crippen LogP contribution is -2.18. The highest BCUT2D eigenvalue weighted by Gasteiger charge is 2.06. The van der Waals surface area contributed by atoms with E-state index in [1.54, 1.807) is 13.2 Å². The number of ether oxygens (including phenoxy) is 1. The number of nitrogens with one attached hydrogen (secondary N) is 1. The molecule has 0 bridgehead atoms. The van der Waals surface area contributed by atoms with Crippen LogP contribution in [0.5, 0.6) is 0 Å². The lowest BCUT2D eigenvalue weighted by Gasteiger charge is -2.13. The SMILES string of the molecule is COC(C)CNc1ccc(C(=O)O)cc1N. The summed E-state index contributed by atoms with van der Waals surface area (Å²) < 4.78 is 5.08. The van der Waals surface area contributed by atoms with Crippen LogP contribution >= 0.6 is 0 Å². The monoisotopic (exact) mass is 224 g/mol. The van der Waals surface area contributed by atoms with Gasteiger partial charge in [0.1, 0.15) is 0 Å². The molecule has 0 aliphatic heterocycles. The summed E-state index contributed by atoms with van der Waals surface area (Å²) in [6, 6.07) is 4.60. The van der Waals surface area contributed by atoms with Crippen LogP contribution in [0.25, 0.3) is 0 Å². The first kappa shape index (κ1) is 12.3. The molecule has 0 aliphatic rings. The van der Waals surface area contributed by atoms with Gasteiger partial charge < -0.3 is 20.9 Å². The molecule has 5 nitrogen and oxygen atoms in total. The van der Waals surface area contributed by atoms with Crippen molar-refractivity contribution < 1.29 is 14.6 Å². The third kappa shape index (κ3) is 3.13. The first-order chi connectivity index (χ1) is 7.54. The van der Waals surface area contributed by atoms with Crippen LogP contribution in [0.3, 0.4) is 0 Å². The number of carbonyl (C=O) groups is 1. The van der Waals surface area contributed by atoms with Crippen molar-refractivity contribution in [3.05, 3.63) is 23.8 Å². The Balaban J connectivity index is 2.72. The van der Waals surface area contributed by atoms with Crippen molar-refractivity contribution in [2.45, 2.75) is 13.0 Å². The molecule has 16 heavy (non-hydrogen) atoms. The van der Waals surface area contributed by atoms with Crippen molar-refractivity contribution in [1.29, 1.82) is 0 Å². The first-order valence-corrected chi connectivity index (χ1v) is 4.94. The Kier molecular flexibility index (Phi) is 4.13. The summed E-state index contributed by atoms with van der Waals surface area (Å²) >= 11 is 0. The van der Waals surface area contributed by atoms with Gasteiger partial charge >= 0.3 is 5.97 Å². The molecule has 1 aromatic rings. The minimum absolute atomic E-state index is 0.0681. The molecule has 0 radical (unpaired) electrons. The van der Waals surface area contributed by atoms with Gasteiger partial charge in [-0.15, -0.1) is 0 Å². The molecule has 0 saturated heterocycles. The zero-order valence-corrected chi connectivity index (χ0v) is 9.36. The second kappa shape index (κ2) is 5.37. The lowest BCUT2D eigenvalue weighted by atomic mass is 10.1. The number of hydrogen-bond donors (Lipinski definition) is 3. The second-order valence-corrected chi connectivity index (χ2v) is 3.53. The van der Waals surface area contributed by atoms with E-state index in [1.807, 2.05) is 6.92 Å². The number of hydrogen-bond acceptors (Lipinski definition) is 4. The molecule has 1 aromatic carbocycles. The Morgan fingerprint density at radius 3 is 2.81 bits per heavy atom. The average molecular weight is 224 g/mol. The summed E-state index contributed by atoms with van der Waals surface area (Å²) in [7, 11) is 1.63. The van der Waals surface area contributed by atoms with Crippen LogP contribution in [0.1, 0.15) is 17.3 Å². The van der Waals surface area contributed by atoms with Crippen LogP contribution in [-0.2, 0) is 4.74 Å². The van der Waals surface area contributed by atoms with Crippen LogP contribution in [0, 0.1) is 0 Å². The number of rotatable bonds is 5. The minimum Gasteiger partial charge on any atom is -0.478 e. The summed E-state index contributed by atoms with van der Waals surface area (Å²) in [5, 5.41) is 11.8. The minimum atomic E-state index is -0.983. The topological polar surface area (TPSA) is 84.6 Å². The second-order valence-electron chi connectivity index (χ2n) is 3.53. The Labute approximate surface area is 94.2 Å². The van der Waals surface area contributed by atoms with Gasteiger partial charge in [0.15, 0.2) is 0 Å². The third-order valence-electron chi connectivity index (χ3n) is 2.28. The van der Waals surface area contributed by atoms with Crippen molar-refractivity contribution in [2.75, 3.05) is 24.7 Å². The summed E-state index contributed by atoms with van der Waals surface area (Å²) in [5.74, 6) is -0.983. The van der Waals surface area contributed by atoms with E-state index in [9.17, 15) is 4.79 Å². The Morgan fingerprint density at radius 2 is 2.31 bits per heavy atom. The fourth-order valence-electron chi connectivity index (χ4n) is 1.19. The molecule has 0 saturated carbocycles. The van der Waals surface area contributed by atoms with Crippen molar-refractivity contribution in [3.63, 3.8) is 0 Å². The van der Waals surface area contributed by atoms with Crippen molar-refractivity contribution in [2.24, 2.45) is 0 Å². The smallest absolute Gasteiger partial charge is 0.335 e. The molecular weight excluding hydrogens is 208 g/mol. The number of anilines is 2. The molecule has 0 heterocycles. The fourth-order valence-corrected chi connectivity index (χ4v) is 1.19. The first-order valence-electron chi connectivity index (χ1n) is 4.94. The van der Waals surface area contributed by atoms with E-state index in [0.29, 0.717) is 17.9 Å². The summed E-state index contributed by atoms with van der Waals surface area (Å²) in [5.41, 5.74) is 7.04. The number of nitrogen functional groups attached to an aromatic ring is 1. The van der Waals surface area contributed by atoms with Gasteiger partial charge in [0.2, 0.25) is 0 Å². The van der Waals surface area contributed by atoms with E-state index >= 15 is 0 Å². The molecule has 0 aliphatic carbocycles. The van der Waals surface area contributed by atoms with E-state index in [1.165, 1.54) is 12.1 Å². The number of methoxy groups -OCH3 is 1. The van der Waals surface area contributed by atoms with Crippen LogP contribution in [0.15, 0.2) is 18.2 Å². The average Bonchev–Trinajstić information content (AvgIpc) is 2.26. The molecule has 88 valence electrons.